The van der Waals surface area contributed by atoms with Gasteiger partial charge in [-0.05, 0) is 72.1 Å². The number of benzene rings is 5. The number of carbonyl (C=O) groups is 3. The second-order valence-corrected chi connectivity index (χ2v) is 14.8. The summed E-state index contributed by atoms with van der Waals surface area (Å²) in [5.74, 6) is -2.37. The zero-order valence-electron chi connectivity index (χ0n) is 29.6. The van der Waals surface area contributed by atoms with Crippen molar-refractivity contribution >= 4 is 72.2 Å². The summed E-state index contributed by atoms with van der Waals surface area (Å²) >= 11 is 3.08. The molecule has 2 heterocycles. The molecule has 2 N–H and O–H groups in total. The lowest BCUT2D eigenvalue weighted by atomic mass is 10.0. The number of aromatic nitrogens is 2. The molecule has 0 radical (unpaired) electrons. The van der Waals surface area contributed by atoms with Crippen LogP contribution in [0.5, 0.6) is 0 Å². The lowest BCUT2D eigenvalue weighted by Crippen LogP contribution is -2.49. The molecule has 0 saturated carbocycles. The van der Waals surface area contributed by atoms with Crippen LogP contribution < -0.4 is 20.4 Å². The summed E-state index contributed by atoms with van der Waals surface area (Å²) in [4.78, 5) is 54.0. The van der Waals surface area contributed by atoms with Gasteiger partial charge in [-0.25, -0.2) is 14.4 Å². The Bertz CT molecular complexity index is 2420. The van der Waals surface area contributed by atoms with Gasteiger partial charge in [0.25, 0.3) is 11.8 Å². The van der Waals surface area contributed by atoms with Crippen LogP contribution >= 0.6 is 22.7 Å². The van der Waals surface area contributed by atoms with Crippen molar-refractivity contribution in [1.29, 1.82) is 0 Å². The van der Waals surface area contributed by atoms with Crippen LogP contribution in [0.4, 0.5) is 15.8 Å². The third-order valence-electron chi connectivity index (χ3n) is 9.30. The highest BCUT2D eigenvalue weighted by molar-refractivity contribution is 7.17. The predicted octanol–water partition coefficient (Wildman–Crippen LogP) is 7.53. The van der Waals surface area contributed by atoms with E-state index < -0.39 is 29.7 Å². The Hall–Kier alpha value is -5.98. The monoisotopic (exact) mass is 756 g/mol. The van der Waals surface area contributed by atoms with E-state index in [4.69, 9.17) is 0 Å². The molecule has 9 nitrogen and oxygen atoms in total. The van der Waals surface area contributed by atoms with Gasteiger partial charge >= 0.3 is 0 Å². The van der Waals surface area contributed by atoms with Crippen LogP contribution in [0.3, 0.4) is 0 Å². The van der Waals surface area contributed by atoms with Gasteiger partial charge in [0.05, 0.1) is 43.1 Å². The maximum Gasteiger partial charge on any atom is 0.254 e. The number of anilines is 2. The van der Waals surface area contributed by atoms with Gasteiger partial charge in [-0.15, -0.1) is 22.7 Å². The van der Waals surface area contributed by atoms with Crippen LogP contribution in [0.1, 0.15) is 31.8 Å². The summed E-state index contributed by atoms with van der Waals surface area (Å²) in [6, 6.07) is 33.0. The van der Waals surface area contributed by atoms with Crippen molar-refractivity contribution in [3.8, 4) is 0 Å². The molecule has 0 bridgehead atoms. The summed E-state index contributed by atoms with van der Waals surface area (Å²) in [6.45, 7) is 0.421. The SMILES string of the molecule is CN(C[C@H](Cc1ccccc1)NC(=O)c1cc(C(=O)N[C@@H](Cc2ccccc2)C(=O)N(C)c2ccc3scnc3c2)ccc1F)c1ccc2scnc2c1. The zero-order valence-corrected chi connectivity index (χ0v) is 31.2. The Labute approximate surface area is 320 Å². The molecule has 0 fully saturated rings. The lowest BCUT2D eigenvalue weighted by Gasteiger charge is -2.27. The molecule has 2 atom stereocenters. The van der Waals surface area contributed by atoms with Crippen molar-refractivity contribution in [2.75, 3.05) is 30.4 Å². The first kappa shape index (κ1) is 36.4. The van der Waals surface area contributed by atoms with Gasteiger partial charge in [-0.2, -0.15) is 0 Å². The average Bonchev–Trinajstić information content (AvgIpc) is 3.87. The Morgan fingerprint density at radius 1 is 0.685 bits per heavy atom. The molecule has 12 heteroatoms. The highest BCUT2D eigenvalue weighted by Gasteiger charge is 2.27. The molecular formula is C42H37FN6O3S2. The molecule has 0 aliphatic heterocycles. The smallest absolute Gasteiger partial charge is 0.254 e. The third kappa shape index (κ3) is 8.46. The second-order valence-electron chi connectivity index (χ2n) is 13.1. The summed E-state index contributed by atoms with van der Waals surface area (Å²) in [6.07, 6.45) is 0.706. The maximum atomic E-state index is 15.4. The minimum Gasteiger partial charge on any atom is -0.372 e. The Kier molecular flexibility index (Phi) is 11.0. The van der Waals surface area contributed by atoms with Crippen LogP contribution in [0.25, 0.3) is 20.4 Å². The van der Waals surface area contributed by atoms with Crippen molar-refractivity contribution in [1.82, 2.24) is 20.6 Å². The molecule has 54 heavy (non-hydrogen) atoms. The number of nitrogens with one attached hydrogen (secondary N) is 2. The summed E-state index contributed by atoms with van der Waals surface area (Å²) in [7, 11) is 3.59. The fourth-order valence-corrected chi connectivity index (χ4v) is 7.71. The first-order valence-electron chi connectivity index (χ1n) is 17.4. The number of carbonyl (C=O) groups excluding carboxylic acids is 3. The fourth-order valence-electron chi connectivity index (χ4n) is 6.39. The molecule has 0 aliphatic carbocycles. The molecule has 272 valence electrons. The number of hydrogen-bond donors (Lipinski definition) is 2. The van der Waals surface area contributed by atoms with Crippen molar-refractivity contribution in [2.45, 2.75) is 24.9 Å². The Morgan fingerprint density at radius 3 is 1.93 bits per heavy atom. The number of halogens is 1. The van der Waals surface area contributed by atoms with E-state index in [1.807, 2.05) is 109 Å². The number of rotatable bonds is 13. The first-order valence-corrected chi connectivity index (χ1v) is 19.1. The van der Waals surface area contributed by atoms with Crippen LogP contribution in [0.2, 0.25) is 0 Å². The Balaban J connectivity index is 1.10. The highest BCUT2D eigenvalue weighted by Crippen LogP contribution is 2.26. The second kappa shape index (κ2) is 16.4. The van der Waals surface area contributed by atoms with Crippen molar-refractivity contribution < 1.29 is 18.8 Å². The van der Waals surface area contributed by atoms with E-state index >= 15 is 4.39 Å². The highest BCUT2D eigenvalue weighted by atomic mass is 32.1. The van der Waals surface area contributed by atoms with Crippen LogP contribution in [0.15, 0.2) is 126 Å². The number of likely N-dealkylation sites (N-methyl/N-ethyl adjacent to an activating group) is 2. The van der Waals surface area contributed by atoms with E-state index in [1.165, 1.54) is 28.4 Å². The molecule has 7 aromatic rings. The van der Waals surface area contributed by atoms with Crippen molar-refractivity contribution in [3.63, 3.8) is 0 Å². The molecule has 5 aromatic carbocycles. The molecular weight excluding hydrogens is 720 g/mol. The van der Waals surface area contributed by atoms with E-state index in [2.05, 4.69) is 20.6 Å². The summed E-state index contributed by atoms with van der Waals surface area (Å²) < 4.78 is 17.5. The maximum absolute atomic E-state index is 15.4. The normalized spacial score (nSPS) is 12.3. The van der Waals surface area contributed by atoms with E-state index in [1.54, 1.807) is 29.4 Å². The van der Waals surface area contributed by atoms with Gasteiger partial charge in [0.15, 0.2) is 0 Å². The molecule has 2 aromatic heterocycles. The van der Waals surface area contributed by atoms with E-state index in [0.29, 0.717) is 18.7 Å². The van der Waals surface area contributed by atoms with Crippen LogP contribution in [-0.2, 0) is 17.6 Å². The lowest BCUT2D eigenvalue weighted by molar-refractivity contribution is -0.120. The number of thiazole rings is 2. The third-order valence-corrected chi connectivity index (χ3v) is 10.9. The quantitative estimate of drug-likeness (QED) is 0.126. The van der Waals surface area contributed by atoms with Crippen molar-refractivity contribution in [2.24, 2.45) is 0 Å². The molecule has 3 amide bonds. The molecule has 0 aliphatic rings. The van der Waals surface area contributed by atoms with E-state index in [-0.39, 0.29) is 23.5 Å². The van der Waals surface area contributed by atoms with Crippen LogP contribution in [-0.4, -0.2) is 60.4 Å². The summed E-state index contributed by atoms with van der Waals surface area (Å²) in [5.41, 5.74) is 8.40. The zero-order chi connectivity index (χ0) is 37.6. The Morgan fingerprint density at radius 2 is 1.28 bits per heavy atom. The standard InChI is InChI=1S/C42H37FN6O3S2/c1-48(31-14-17-38-35(22-31)44-25-53-38)24-30(19-27-9-5-3-6-10-27)46-41(51)33-21-29(13-16-34(33)43)40(50)47-37(20-28-11-7-4-8-12-28)42(52)49(2)32-15-18-39-36(23-32)45-26-54-39/h3-18,21-23,25-26,30,37H,19-20,24H2,1-2H3,(H,46,51)(H,47,50)/t30-,37-/m0/s1. The number of hydrogen-bond acceptors (Lipinski definition) is 8. The fraction of sp³-hybridized carbons (Fsp3) is 0.167. The average molecular weight is 757 g/mol. The molecule has 0 unspecified atom stereocenters. The van der Waals surface area contributed by atoms with Gasteiger partial charge < -0.3 is 20.4 Å². The molecule has 0 saturated heterocycles. The van der Waals surface area contributed by atoms with Crippen LogP contribution in [0, 0.1) is 5.82 Å². The minimum atomic E-state index is -0.965. The van der Waals surface area contributed by atoms with Gasteiger partial charge in [-0.3, -0.25) is 14.4 Å². The summed E-state index contributed by atoms with van der Waals surface area (Å²) in [5, 5.41) is 5.90. The van der Waals surface area contributed by atoms with E-state index in [9.17, 15) is 14.4 Å². The largest absolute Gasteiger partial charge is 0.372 e. The van der Waals surface area contributed by atoms with Gasteiger partial charge in [0, 0.05) is 44.0 Å². The number of fused-ring (bicyclic) bond motifs is 2. The topological polar surface area (TPSA) is 108 Å². The number of amides is 3. The van der Waals surface area contributed by atoms with Gasteiger partial charge in [0.2, 0.25) is 5.91 Å². The van der Waals surface area contributed by atoms with Crippen molar-refractivity contribution in [3.05, 3.63) is 154 Å². The minimum absolute atomic E-state index is 0.0484. The first-order chi connectivity index (χ1) is 26.2. The number of nitrogens with zero attached hydrogens (tertiary/aromatic N) is 4. The van der Waals surface area contributed by atoms with Gasteiger partial charge in [-0.1, -0.05) is 60.7 Å². The van der Waals surface area contributed by atoms with E-state index in [0.717, 1.165) is 43.3 Å². The van der Waals surface area contributed by atoms with Gasteiger partial charge in [0.1, 0.15) is 11.9 Å². The molecule has 0 spiro atoms. The predicted molar refractivity (Wildman–Crippen MR) is 215 cm³/mol. The molecule has 7 rings (SSSR count).